The zero-order chi connectivity index (χ0) is 17.3. The first-order chi connectivity index (χ1) is 11.3. The minimum Gasteiger partial charge on any atom is -0.371 e. The molecule has 3 rings (SSSR count). The number of ether oxygens (including phenoxy) is 1. The van der Waals surface area contributed by atoms with E-state index < -0.39 is 23.9 Å². The Morgan fingerprint density at radius 2 is 1.71 bits per heavy atom. The fourth-order valence-electron chi connectivity index (χ4n) is 3.37. The van der Waals surface area contributed by atoms with E-state index in [-0.39, 0.29) is 19.2 Å². The molecule has 2 aliphatic rings. The van der Waals surface area contributed by atoms with Crippen molar-refractivity contribution in [3.63, 3.8) is 0 Å². The van der Waals surface area contributed by atoms with E-state index in [1.54, 1.807) is 0 Å². The van der Waals surface area contributed by atoms with Crippen LogP contribution in [0, 0.1) is 11.6 Å². The number of morpholine rings is 1. The predicted octanol–water partition coefficient (Wildman–Crippen LogP) is 3.20. The van der Waals surface area contributed by atoms with E-state index in [1.807, 2.05) is 9.80 Å². The van der Waals surface area contributed by atoms with Gasteiger partial charge in [0.15, 0.2) is 17.7 Å². The molecule has 0 saturated carbocycles. The van der Waals surface area contributed by atoms with E-state index >= 15 is 0 Å². The van der Waals surface area contributed by atoms with Crippen LogP contribution in [0.3, 0.4) is 0 Å². The highest BCUT2D eigenvalue weighted by Gasteiger charge is 2.44. The van der Waals surface area contributed by atoms with Crippen LogP contribution in [0.2, 0.25) is 0 Å². The normalized spacial score (nSPS) is 24.4. The van der Waals surface area contributed by atoms with E-state index in [1.165, 1.54) is 6.07 Å². The molecule has 0 bridgehead atoms. The fraction of sp³-hybridized carbons (Fsp3) is 0.625. The van der Waals surface area contributed by atoms with Crippen molar-refractivity contribution in [2.45, 2.75) is 31.2 Å². The van der Waals surface area contributed by atoms with Crippen LogP contribution in [0.5, 0.6) is 0 Å². The number of nitrogens with zero attached hydrogens (tertiary/aromatic N) is 2. The van der Waals surface area contributed by atoms with Gasteiger partial charge in [0, 0.05) is 44.0 Å². The van der Waals surface area contributed by atoms with Gasteiger partial charge in [-0.2, -0.15) is 13.2 Å². The SMILES string of the molecule is Fc1ccc(N2CCC(N3CCO[C@@H](C(F)(F)F)C3)CC2)cc1F. The third kappa shape index (κ3) is 3.80. The molecule has 3 nitrogen and oxygen atoms in total. The summed E-state index contributed by atoms with van der Waals surface area (Å²) < 4.78 is 69.6. The molecule has 8 heteroatoms. The molecular formula is C16H19F5N2O. The van der Waals surface area contributed by atoms with Gasteiger partial charge < -0.3 is 9.64 Å². The molecule has 2 fully saturated rings. The number of benzene rings is 1. The van der Waals surface area contributed by atoms with Gasteiger partial charge in [0.2, 0.25) is 0 Å². The Hall–Kier alpha value is -1.41. The van der Waals surface area contributed by atoms with Gasteiger partial charge in [0.1, 0.15) is 0 Å². The summed E-state index contributed by atoms with van der Waals surface area (Å²) in [6.45, 7) is 1.63. The second-order valence-corrected chi connectivity index (χ2v) is 6.21. The van der Waals surface area contributed by atoms with Crippen LogP contribution in [0.4, 0.5) is 27.6 Å². The lowest BCUT2D eigenvalue weighted by atomic mass is 10.0. The van der Waals surface area contributed by atoms with Gasteiger partial charge in [-0.15, -0.1) is 0 Å². The number of halogens is 5. The van der Waals surface area contributed by atoms with Gasteiger partial charge in [0.25, 0.3) is 0 Å². The molecule has 0 aliphatic carbocycles. The Morgan fingerprint density at radius 1 is 1.00 bits per heavy atom. The van der Waals surface area contributed by atoms with Crippen LogP contribution in [0.1, 0.15) is 12.8 Å². The van der Waals surface area contributed by atoms with Crippen molar-refractivity contribution in [3.05, 3.63) is 29.8 Å². The minimum absolute atomic E-state index is 0.0558. The van der Waals surface area contributed by atoms with Crippen molar-refractivity contribution in [3.8, 4) is 0 Å². The van der Waals surface area contributed by atoms with Crippen LogP contribution in [-0.4, -0.2) is 56.0 Å². The maximum absolute atomic E-state index is 13.3. The molecule has 0 radical (unpaired) electrons. The molecule has 1 aromatic rings. The van der Waals surface area contributed by atoms with Crippen molar-refractivity contribution in [1.29, 1.82) is 0 Å². The maximum Gasteiger partial charge on any atom is 0.415 e. The Morgan fingerprint density at radius 3 is 2.33 bits per heavy atom. The molecule has 2 heterocycles. The highest BCUT2D eigenvalue weighted by molar-refractivity contribution is 5.47. The quantitative estimate of drug-likeness (QED) is 0.762. The molecule has 0 unspecified atom stereocenters. The van der Waals surface area contributed by atoms with Crippen molar-refractivity contribution < 1.29 is 26.7 Å². The minimum atomic E-state index is -4.34. The molecule has 134 valence electrons. The highest BCUT2D eigenvalue weighted by atomic mass is 19.4. The number of hydrogen-bond acceptors (Lipinski definition) is 3. The maximum atomic E-state index is 13.3. The summed E-state index contributed by atoms with van der Waals surface area (Å²) in [5, 5.41) is 0. The second-order valence-electron chi connectivity index (χ2n) is 6.21. The third-order valence-electron chi connectivity index (χ3n) is 4.71. The number of piperidine rings is 1. The molecule has 1 aromatic carbocycles. The number of hydrogen-bond donors (Lipinski definition) is 0. The van der Waals surface area contributed by atoms with Gasteiger partial charge in [-0.25, -0.2) is 8.78 Å². The molecule has 2 aliphatic heterocycles. The zero-order valence-corrected chi connectivity index (χ0v) is 13.0. The van der Waals surface area contributed by atoms with Crippen LogP contribution in [-0.2, 0) is 4.74 Å². The summed E-state index contributed by atoms with van der Waals surface area (Å²) in [7, 11) is 0. The van der Waals surface area contributed by atoms with E-state index in [0.29, 0.717) is 38.2 Å². The lowest BCUT2D eigenvalue weighted by Crippen LogP contribution is -2.54. The second kappa shape index (κ2) is 6.84. The van der Waals surface area contributed by atoms with Gasteiger partial charge in [0.05, 0.1) is 6.61 Å². The van der Waals surface area contributed by atoms with Crippen molar-refractivity contribution in [2.75, 3.05) is 37.7 Å². The van der Waals surface area contributed by atoms with Crippen LogP contribution >= 0.6 is 0 Å². The van der Waals surface area contributed by atoms with Crippen molar-refractivity contribution >= 4 is 5.69 Å². The first-order valence-corrected chi connectivity index (χ1v) is 7.97. The standard InChI is InChI=1S/C16H19F5N2O/c17-13-2-1-12(9-14(13)18)22-5-3-11(4-6-22)23-7-8-24-15(10-23)16(19,20)21/h1-2,9,11,15H,3-8,10H2/t15-/m1/s1. The molecule has 0 N–H and O–H groups in total. The van der Waals surface area contributed by atoms with E-state index in [9.17, 15) is 22.0 Å². The Bertz CT molecular complexity index is 572. The monoisotopic (exact) mass is 350 g/mol. The van der Waals surface area contributed by atoms with Crippen molar-refractivity contribution in [1.82, 2.24) is 4.90 Å². The average Bonchev–Trinajstić information content (AvgIpc) is 2.57. The number of alkyl halides is 3. The lowest BCUT2D eigenvalue weighted by Gasteiger charge is -2.43. The lowest BCUT2D eigenvalue weighted by molar-refractivity contribution is -0.239. The number of rotatable bonds is 2. The van der Waals surface area contributed by atoms with E-state index in [2.05, 4.69) is 0 Å². The summed E-state index contributed by atoms with van der Waals surface area (Å²) in [6, 6.07) is 3.82. The summed E-state index contributed by atoms with van der Waals surface area (Å²) in [5.74, 6) is -1.78. The topological polar surface area (TPSA) is 15.7 Å². The molecule has 2 saturated heterocycles. The van der Waals surface area contributed by atoms with Crippen LogP contribution < -0.4 is 4.90 Å². The van der Waals surface area contributed by atoms with Crippen molar-refractivity contribution in [2.24, 2.45) is 0 Å². The summed E-state index contributed by atoms with van der Waals surface area (Å²) in [5.41, 5.74) is 0.600. The zero-order valence-electron chi connectivity index (χ0n) is 13.0. The molecular weight excluding hydrogens is 331 g/mol. The molecule has 24 heavy (non-hydrogen) atoms. The first-order valence-electron chi connectivity index (χ1n) is 7.97. The smallest absolute Gasteiger partial charge is 0.371 e. The van der Waals surface area contributed by atoms with Gasteiger partial charge in [-0.1, -0.05) is 0 Å². The van der Waals surface area contributed by atoms with Gasteiger partial charge in [-0.05, 0) is 25.0 Å². The average molecular weight is 350 g/mol. The largest absolute Gasteiger partial charge is 0.415 e. The van der Waals surface area contributed by atoms with Gasteiger partial charge >= 0.3 is 6.18 Å². The Balaban J connectivity index is 1.57. The van der Waals surface area contributed by atoms with Crippen LogP contribution in [0.15, 0.2) is 18.2 Å². The van der Waals surface area contributed by atoms with E-state index in [4.69, 9.17) is 4.74 Å². The summed E-state index contributed by atoms with van der Waals surface area (Å²) in [6.07, 6.45) is -4.70. The highest BCUT2D eigenvalue weighted by Crippen LogP contribution is 2.29. The molecule has 0 spiro atoms. The van der Waals surface area contributed by atoms with E-state index in [0.717, 1.165) is 12.1 Å². The number of anilines is 1. The Kier molecular flexibility index (Phi) is 4.96. The molecule has 0 amide bonds. The third-order valence-corrected chi connectivity index (χ3v) is 4.71. The van der Waals surface area contributed by atoms with Crippen LogP contribution in [0.25, 0.3) is 0 Å². The molecule has 0 aromatic heterocycles. The predicted molar refractivity (Wildman–Crippen MR) is 79.0 cm³/mol. The molecule has 1 atom stereocenters. The Labute approximate surface area is 137 Å². The summed E-state index contributed by atoms with van der Waals surface area (Å²) in [4.78, 5) is 3.77. The first kappa shape index (κ1) is 17.4. The summed E-state index contributed by atoms with van der Waals surface area (Å²) >= 11 is 0. The fourth-order valence-corrected chi connectivity index (χ4v) is 3.37. The van der Waals surface area contributed by atoms with Gasteiger partial charge in [-0.3, -0.25) is 4.90 Å².